The van der Waals surface area contributed by atoms with Crippen LogP contribution in [0.4, 0.5) is 0 Å². The Hall–Kier alpha value is -1.04. The molecule has 0 bridgehead atoms. The van der Waals surface area contributed by atoms with Gasteiger partial charge in [-0.05, 0) is 38.5 Å². The summed E-state index contributed by atoms with van der Waals surface area (Å²) in [6, 6.07) is 0. The van der Waals surface area contributed by atoms with Crippen LogP contribution in [0.3, 0.4) is 0 Å². The van der Waals surface area contributed by atoms with E-state index >= 15 is 0 Å². The lowest BCUT2D eigenvalue weighted by molar-refractivity contribution is 0.860. The van der Waals surface area contributed by atoms with Gasteiger partial charge in [-0.1, -0.05) is 48.6 Å². The molecule has 0 saturated carbocycles. The summed E-state index contributed by atoms with van der Waals surface area (Å²) >= 11 is 0. The zero-order valence-electron chi connectivity index (χ0n) is 8.86. The molecule has 76 valence electrons. The summed E-state index contributed by atoms with van der Waals surface area (Å²) in [7, 11) is 0. The van der Waals surface area contributed by atoms with Crippen LogP contribution in [-0.4, -0.2) is 0 Å². The van der Waals surface area contributed by atoms with Crippen molar-refractivity contribution >= 4 is 0 Å². The molecule has 0 aromatic rings. The van der Waals surface area contributed by atoms with Gasteiger partial charge >= 0.3 is 0 Å². The third kappa shape index (κ3) is 6.47. The highest BCUT2D eigenvalue weighted by Gasteiger charge is 1.82. The van der Waals surface area contributed by atoms with Gasteiger partial charge in [-0.2, -0.15) is 0 Å². The maximum atomic E-state index is 2.31. The first-order valence-electron chi connectivity index (χ1n) is 5.62. The topological polar surface area (TPSA) is 0 Å². The molecule has 14 heavy (non-hydrogen) atoms. The third-order valence-corrected chi connectivity index (χ3v) is 2.23. The van der Waals surface area contributed by atoms with Crippen LogP contribution in [0.5, 0.6) is 0 Å². The van der Waals surface area contributed by atoms with E-state index in [2.05, 4.69) is 48.6 Å². The van der Waals surface area contributed by atoms with E-state index in [1.54, 1.807) is 0 Å². The van der Waals surface area contributed by atoms with Crippen LogP contribution in [0.25, 0.3) is 0 Å². The maximum absolute atomic E-state index is 2.31. The van der Waals surface area contributed by atoms with Gasteiger partial charge in [0.05, 0.1) is 0 Å². The summed E-state index contributed by atoms with van der Waals surface area (Å²) in [4.78, 5) is 0. The summed E-state index contributed by atoms with van der Waals surface area (Å²) in [5.74, 6) is 0. The minimum Gasteiger partial charge on any atom is -0.0885 e. The van der Waals surface area contributed by atoms with Gasteiger partial charge < -0.3 is 0 Å². The molecule has 0 N–H and O–H groups in total. The lowest BCUT2D eigenvalue weighted by Gasteiger charge is -1.91. The Bertz CT molecular complexity index is 228. The van der Waals surface area contributed by atoms with E-state index in [1.165, 1.54) is 25.7 Å². The van der Waals surface area contributed by atoms with Crippen LogP contribution in [0, 0.1) is 0 Å². The average molecular weight is 188 g/mol. The van der Waals surface area contributed by atoms with Crippen LogP contribution in [0.1, 0.15) is 38.5 Å². The molecule has 1 aliphatic carbocycles. The minimum absolute atomic E-state index is 1.07. The lowest BCUT2D eigenvalue weighted by atomic mass is 10.2. The van der Waals surface area contributed by atoms with Gasteiger partial charge in [-0.25, -0.2) is 0 Å². The Morgan fingerprint density at radius 2 is 1.14 bits per heavy atom. The van der Waals surface area contributed by atoms with Crippen molar-refractivity contribution in [2.24, 2.45) is 0 Å². The summed E-state index contributed by atoms with van der Waals surface area (Å²) in [5, 5.41) is 0. The molecule has 1 aliphatic rings. The zero-order valence-corrected chi connectivity index (χ0v) is 8.86. The average Bonchev–Trinajstić information content (AvgIpc) is 2.22. The van der Waals surface area contributed by atoms with Crippen molar-refractivity contribution in [1.29, 1.82) is 0 Å². The molecule has 0 amide bonds. The molecular formula is C14H20. The van der Waals surface area contributed by atoms with E-state index in [1.807, 2.05) is 0 Å². The van der Waals surface area contributed by atoms with E-state index in [0.717, 1.165) is 12.8 Å². The van der Waals surface area contributed by atoms with Crippen molar-refractivity contribution in [2.45, 2.75) is 38.5 Å². The van der Waals surface area contributed by atoms with E-state index in [4.69, 9.17) is 0 Å². The molecule has 0 nitrogen and oxygen atoms in total. The summed E-state index contributed by atoms with van der Waals surface area (Å²) in [5.41, 5.74) is 0. The lowest BCUT2D eigenvalue weighted by Crippen LogP contribution is -1.71. The Morgan fingerprint density at radius 1 is 0.500 bits per heavy atom. The first-order valence-corrected chi connectivity index (χ1v) is 5.62. The van der Waals surface area contributed by atoms with E-state index in [-0.39, 0.29) is 0 Å². The van der Waals surface area contributed by atoms with Crippen molar-refractivity contribution in [3.05, 3.63) is 48.6 Å². The van der Waals surface area contributed by atoms with Gasteiger partial charge in [0.15, 0.2) is 0 Å². The van der Waals surface area contributed by atoms with Crippen molar-refractivity contribution in [3.8, 4) is 0 Å². The minimum atomic E-state index is 1.07. The van der Waals surface area contributed by atoms with Crippen molar-refractivity contribution in [1.82, 2.24) is 0 Å². The summed E-state index contributed by atoms with van der Waals surface area (Å²) < 4.78 is 0. The second kappa shape index (κ2) is 8.55. The molecule has 0 spiro atoms. The molecule has 0 heterocycles. The molecule has 0 heteroatoms. The van der Waals surface area contributed by atoms with Crippen LogP contribution in [0.15, 0.2) is 48.6 Å². The van der Waals surface area contributed by atoms with Crippen molar-refractivity contribution < 1.29 is 0 Å². The number of hydrogen-bond donors (Lipinski definition) is 0. The highest BCUT2D eigenvalue weighted by molar-refractivity contribution is 5.05. The van der Waals surface area contributed by atoms with Crippen LogP contribution in [-0.2, 0) is 0 Å². The molecule has 0 radical (unpaired) electrons. The highest BCUT2D eigenvalue weighted by atomic mass is 13.9. The van der Waals surface area contributed by atoms with Crippen LogP contribution < -0.4 is 0 Å². The van der Waals surface area contributed by atoms with Crippen LogP contribution in [0.2, 0.25) is 0 Å². The second-order valence-electron chi connectivity index (χ2n) is 3.54. The number of rotatable bonds is 0. The fraction of sp³-hybridized carbons (Fsp3) is 0.429. The van der Waals surface area contributed by atoms with Crippen molar-refractivity contribution in [2.75, 3.05) is 0 Å². The molecule has 0 atom stereocenters. The SMILES string of the molecule is C1=C\C/C=C/CCC/C=C\CC/C=C/1. The van der Waals surface area contributed by atoms with Gasteiger partial charge in [0.25, 0.3) is 0 Å². The van der Waals surface area contributed by atoms with Crippen LogP contribution >= 0.6 is 0 Å². The first-order chi connectivity index (χ1) is 7.00. The summed E-state index contributed by atoms with van der Waals surface area (Å²) in [6.45, 7) is 0. The molecule has 0 saturated heterocycles. The largest absolute Gasteiger partial charge is 0.0885 e. The Morgan fingerprint density at radius 3 is 2.07 bits per heavy atom. The van der Waals surface area contributed by atoms with E-state index in [9.17, 15) is 0 Å². The van der Waals surface area contributed by atoms with E-state index in [0.29, 0.717) is 0 Å². The normalized spacial score (nSPS) is 28.6. The van der Waals surface area contributed by atoms with Gasteiger partial charge in [0.2, 0.25) is 0 Å². The van der Waals surface area contributed by atoms with Crippen molar-refractivity contribution in [3.63, 3.8) is 0 Å². The molecular weight excluding hydrogens is 168 g/mol. The fourth-order valence-electron chi connectivity index (χ4n) is 1.41. The Kier molecular flexibility index (Phi) is 6.74. The molecule has 0 unspecified atom stereocenters. The quantitative estimate of drug-likeness (QED) is 0.489. The molecule has 0 fully saturated rings. The predicted octanol–water partition coefficient (Wildman–Crippen LogP) is 4.57. The Balaban J connectivity index is 2.35. The van der Waals surface area contributed by atoms with Gasteiger partial charge in [-0.3, -0.25) is 0 Å². The molecule has 0 aliphatic heterocycles. The number of allylic oxidation sites excluding steroid dienone is 8. The molecule has 1 rings (SSSR count). The van der Waals surface area contributed by atoms with Gasteiger partial charge in [0.1, 0.15) is 0 Å². The van der Waals surface area contributed by atoms with Gasteiger partial charge in [-0.15, -0.1) is 0 Å². The van der Waals surface area contributed by atoms with E-state index < -0.39 is 0 Å². The fourth-order valence-corrected chi connectivity index (χ4v) is 1.41. The second-order valence-corrected chi connectivity index (χ2v) is 3.54. The number of hydrogen-bond acceptors (Lipinski definition) is 0. The molecule has 0 aromatic heterocycles. The molecule has 0 aromatic carbocycles. The highest BCUT2D eigenvalue weighted by Crippen LogP contribution is 2.02. The van der Waals surface area contributed by atoms with Gasteiger partial charge in [0, 0.05) is 0 Å². The maximum Gasteiger partial charge on any atom is -0.0166 e. The first kappa shape index (κ1) is 11.0. The predicted molar refractivity (Wildman–Crippen MR) is 64.3 cm³/mol. The zero-order chi connectivity index (χ0) is 9.90. The smallest absolute Gasteiger partial charge is 0.0166 e. The standard InChI is InChI=1S/C14H20/c1-2-4-6-8-10-12-14-13-11-9-7-5-3-1/h1-4,7,9-10,12H,5-6,8,11,13-14H2/b3-1-,4-2+,9-7+,12-10-. The Labute approximate surface area is 87.7 Å². The summed E-state index contributed by atoms with van der Waals surface area (Å²) in [6.07, 6.45) is 25.0. The monoisotopic (exact) mass is 188 g/mol. The third-order valence-electron chi connectivity index (χ3n) is 2.23.